The summed E-state index contributed by atoms with van der Waals surface area (Å²) >= 11 is 0. The lowest BCUT2D eigenvalue weighted by molar-refractivity contribution is 0.0950. The molecule has 0 aliphatic rings. The van der Waals surface area contributed by atoms with Gasteiger partial charge in [0.2, 0.25) is 0 Å². The Morgan fingerprint density at radius 2 is 2.09 bits per heavy atom. The molecule has 0 saturated heterocycles. The van der Waals surface area contributed by atoms with Gasteiger partial charge in [-0.1, -0.05) is 11.3 Å². The molecule has 0 unspecified atom stereocenters. The lowest BCUT2D eigenvalue weighted by Gasteiger charge is -2.03. The molecule has 23 heavy (non-hydrogen) atoms. The summed E-state index contributed by atoms with van der Waals surface area (Å²) in [6, 6.07) is 12.2. The van der Waals surface area contributed by atoms with Gasteiger partial charge in [-0.15, -0.1) is 5.10 Å². The third kappa shape index (κ3) is 3.39. The lowest BCUT2D eigenvalue weighted by Crippen LogP contribution is -2.23. The average molecular weight is 304 g/mol. The fraction of sp³-hybridized carbons (Fsp3) is 0.0625. The number of pyridine rings is 1. The van der Waals surface area contributed by atoms with Crippen molar-refractivity contribution in [3.8, 4) is 11.8 Å². The number of hydrogen-bond acceptors (Lipinski definition) is 5. The minimum atomic E-state index is -0.263. The molecule has 0 aliphatic heterocycles. The normalized spacial score (nSPS) is 10.0. The molecular weight excluding hydrogens is 292 g/mol. The largest absolute Gasteiger partial charge is 0.346 e. The molecule has 1 amide bonds. The molecule has 0 bridgehead atoms. The molecule has 1 aromatic carbocycles. The highest BCUT2D eigenvalue weighted by Crippen LogP contribution is 2.06. The minimum absolute atomic E-state index is 0.251. The Bertz CT molecular complexity index is 866. The van der Waals surface area contributed by atoms with Crippen LogP contribution in [0.2, 0.25) is 0 Å². The third-order valence-electron chi connectivity index (χ3n) is 3.15. The predicted octanol–water partition coefficient (Wildman–Crippen LogP) is 1.46. The Kier molecular flexibility index (Phi) is 4.07. The van der Waals surface area contributed by atoms with Crippen LogP contribution in [0, 0.1) is 11.3 Å². The Labute approximate surface area is 132 Å². The molecule has 0 spiro atoms. The van der Waals surface area contributed by atoms with Crippen LogP contribution >= 0.6 is 0 Å². The van der Waals surface area contributed by atoms with Crippen LogP contribution in [-0.2, 0) is 6.54 Å². The van der Waals surface area contributed by atoms with Gasteiger partial charge in [0, 0.05) is 18.0 Å². The van der Waals surface area contributed by atoms with E-state index in [-0.39, 0.29) is 12.5 Å². The molecule has 2 heterocycles. The molecule has 112 valence electrons. The van der Waals surface area contributed by atoms with Crippen LogP contribution in [-0.4, -0.2) is 25.9 Å². The summed E-state index contributed by atoms with van der Waals surface area (Å²) in [4.78, 5) is 16.0. The topological polar surface area (TPSA) is 96.5 Å². The molecule has 0 fully saturated rings. The van der Waals surface area contributed by atoms with Crippen molar-refractivity contribution in [2.45, 2.75) is 6.54 Å². The van der Waals surface area contributed by atoms with Crippen molar-refractivity contribution >= 4 is 5.91 Å². The first kappa shape index (κ1) is 14.4. The maximum atomic E-state index is 12.1. The molecule has 7 nitrogen and oxygen atoms in total. The zero-order chi connectivity index (χ0) is 16.1. The number of amides is 1. The van der Waals surface area contributed by atoms with Gasteiger partial charge >= 0.3 is 0 Å². The maximum Gasteiger partial charge on any atom is 0.251 e. The summed E-state index contributed by atoms with van der Waals surface area (Å²) < 4.78 is 1.61. The zero-order valence-corrected chi connectivity index (χ0v) is 12.0. The van der Waals surface area contributed by atoms with Crippen molar-refractivity contribution in [3.05, 3.63) is 71.8 Å². The van der Waals surface area contributed by atoms with Gasteiger partial charge in [-0.25, -0.2) is 4.68 Å². The van der Waals surface area contributed by atoms with E-state index in [1.165, 1.54) is 0 Å². The van der Waals surface area contributed by atoms with Crippen LogP contribution in [0.4, 0.5) is 0 Å². The van der Waals surface area contributed by atoms with E-state index in [1.54, 1.807) is 47.5 Å². The Morgan fingerprint density at radius 3 is 2.87 bits per heavy atom. The molecule has 3 rings (SSSR count). The van der Waals surface area contributed by atoms with Gasteiger partial charge in [-0.3, -0.25) is 9.78 Å². The number of hydrogen-bond donors (Lipinski definition) is 1. The second kappa shape index (κ2) is 6.49. The van der Waals surface area contributed by atoms with E-state index in [9.17, 15) is 4.79 Å². The van der Waals surface area contributed by atoms with Gasteiger partial charge in [-0.2, -0.15) is 5.26 Å². The number of nitriles is 1. The highest BCUT2D eigenvalue weighted by molar-refractivity contribution is 5.94. The predicted molar refractivity (Wildman–Crippen MR) is 81.5 cm³/mol. The van der Waals surface area contributed by atoms with Crippen LogP contribution in [0.5, 0.6) is 0 Å². The number of nitrogens with zero attached hydrogens (tertiary/aromatic N) is 5. The maximum absolute atomic E-state index is 12.1. The van der Waals surface area contributed by atoms with E-state index < -0.39 is 0 Å². The van der Waals surface area contributed by atoms with Crippen molar-refractivity contribution < 1.29 is 4.79 Å². The fourth-order valence-corrected chi connectivity index (χ4v) is 2.01. The highest BCUT2D eigenvalue weighted by atomic mass is 16.1. The highest BCUT2D eigenvalue weighted by Gasteiger charge is 2.08. The van der Waals surface area contributed by atoms with Crippen LogP contribution in [0.1, 0.15) is 21.6 Å². The smallest absolute Gasteiger partial charge is 0.251 e. The van der Waals surface area contributed by atoms with Crippen LogP contribution in [0.25, 0.3) is 5.69 Å². The first-order valence-electron chi connectivity index (χ1n) is 6.86. The third-order valence-corrected chi connectivity index (χ3v) is 3.15. The van der Waals surface area contributed by atoms with E-state index >= 15 is 0 Å². The molecule has 3 aromatic rings. The van der Waals surface area contributed by atoms with Crippen molar-refractivity contribution in [3.63, 3.8) is 0 Å². The fourth-order valence-electron chi connectivity index (χ4n) is 2.01. The summed E-state index contributed by atoms with van der Waals surface area (Å²) in [6.45, 7) is 0.251. The van der Waals surface area contributed by atoms with E-state index in [1.807, 2.05) is 18.2 Å². The standard InChI is InChI=1S/C16H12N6O/c17-9-12-2-1-3-13(8-12)16(23)19-10-14-11-22(21-20-14)15-4-6-18-7-5-15/h1-8,11H,10H2,(H,19,23). The van der Waals surface area contributed by atoms with Gasteiger partial charge in [0.1, 0.15) is 5.69 Å². The lowest BCUT2D eigenvalue weighted by atomic mass is 10.1. The van der Waals surface area contributed by atoms with Crippen LogP contribution in [0.3, 0.4) is 0 Å². The molecule has 0 saturated carbocycles. The van der Waals surface area contributed by atoms with E-state index in [4.69, 9.17) is 5.26 Å². The van der Waals surface area contributed by atoms with Gasteiger partial charge in [0.15, 0.2) is 0 Å². The van der Waals surface area contributed by atoms with Gasteiger partial charge in [-0.05, 0) is 30.3 Å². The van der Waals surface area contributed by atoms with Crippen molar-refractivity contribution in [2.24, 2.45) is 0 Å². The van der Waals surface area contributed by atoms with Crippen LogP contribution in [0.15, 0.2) is 55.0 Å². The number of carbonyl (C=O) groups is 1. The summed E-state index contributed by atoms with van der Waals surface area (Å²) in [5, 5.41) is 19.6. The molecule has 0 radical (unpaired) electrons. The van der Waals surface area contributed by atoms with E-state index in [0.717, 1.165) is 5.69 Å². The second-order valence-corrected chi connectivity index (χ2v) is 4.74. The average Bonchev–Trinajstić information content (AvgIpc) is 3.09. The summed E-state index contributed by atoms with van der Waals surface area (Å²) in [5.41, 5.74) is 2.35. The molecule has 0 aliphatic carbocycles. The zero-order valence-electron chi connectivity index (χ0n) is 12.0. The monoisotopic (exact) mass is 304 g/mol. The number of aromatic nitrogens is 4. The van der Waals surface area contributed by atoms with Crippen molar-refractivity contribution in [1.82, 2.24) is 25.3 Å². The molecule has 1 N–H and O–H groups in total. The van der Waals surface area contributed by atoms with Crippen molar-refractivity contribution in [1.29, 1.82) is 5.26 Å². The number of nitrogens with one attached hydrogen (secondary N) is 1. The van der Waals surface area contributed by atoms with E-state index in [2.05, 4.69) is 20.6 Å². The van der Waals surface area contributed by atoms with Crippen LogP contribution < -0.4 is 5.32 Å². The minimum Gasteiger partial charge on any atom is -0.346 e. The summed E-state index contributed by atoms with van der Waals surface area (Å²) in [6.07, 6.45) is 5.07. The molecular formula is C16H12N6O. The first-order valence-corrected chi connectivity index (χ1v) is 6.86. The number of benzene rings is 1. The summed E-state index contributed by atoms with van der Waals surface area (Å²) in [7, 11) is 0. The first-order chi connectivity index (χ1) is 11.3. The molecule has 2 aromatic heterocycles. The van der Waals surface area contributed by atoms with Gasteiger partial charge < -0.3 is 5.32 Å². The van der Waals surface area contributed by atoms with Gasteiger partial charge in [0.25, 0.3) is 5.91 Å². The molecule has 0 atom stereocenters. The number of carbonyl (C=O) groups excluding carboxylic acids is 1. The quantitative estimate of drug-likeness (QED) is 0.787. The Morgan fingerprint density at radius 1 is 1.26 bits per heavy atom. The SMILES string of the molecule is N#Cc1cccc(C(=O)NCc2cn(-c3ccncc3)nn2)c1. The van der Waals surface area contributed by atoms with Crippen molar-refractivity contribution in [2.75, 3.05) is 0 Å². The Hall–Kier alpha value is -3.53. The molecule has 7 heteroatoms. The van der Waals surface area contributed by atoms with Gasteiger partial charge in [0.05, 0.1) is 30.1 Å². The number of rotatable bonds is 4. The summed E-state index contributed by atoms with van der Waals surface area (Å²) in [5.74, 6) is -0.263. The van der Waals surface area contributed by atoms with E-state index in [0.29, 0.717) is 16.8 Å². The second-order valence-electron chi connectivity index (χ2n) is 4.74. The Balaban J connectivity index is 1.66.